The highest BCUT2D eigenvalue weighted by Crippen LogP contribution is 2.35. The number of carbonyl (C=O) groups is 1. The van der Waals surface area contributed by atoms with Gasteiger partial charge >= 0.3 is 0 Å². The number of carbonyl (C=O) groups excluding carboxylic acids is 1. The van der Waals surface area contributed by atoms with Crippen molar-refractivity contribution >= 4 is 28.8 Å². The average molecular weight is 385 g/mol. The molecule has 1 unspecified atom stereocenters. The number of ether oxygens (including phenoxy) is 1. The summed E-state index contributed by atoms with van der Waals surface area (Å²) in [7, 11) is 0. The van der Waals surface area contributed by atoms with Crippen molar-refractivity contribution in [3.8, 4) is 10.4 Å². The number of rotatable bonds is 4. The summed E-state index contributed by atoms with van der Waals surface area (Å²) in [5.41, 5.74) is 3.15. The Kier molecular flexibility index (Phi) is 5.02. The molecule has 1 aromatic carbocycles. The molecule has 1 fully saturated rings. The number of hydrogen-bond acceptors (Lipinski definition) is 4. The van der Waals surface area contributed by atoms with Crippen molar-refractivity contribution in [1.29, 1.82) is 0 Å². The molecule has 0 radical (unpaired) electrons. The third kappa shape index (κ3) is 3.51. The Labute approximate surface area is 161 Å². The van der Waals surface area contributed by atoms with Gasteiger partial charge in [-0.05, 0) is 35.2 Å². The van der Waals surface area contributed by atoms with Crippen LogP contribution >= 0.6 is 22.9 Å². The molecule has 4 nitrogen and oxygen atoms in total. The Hall–Kier alpha value is -2.21. The molecule has 132 valence electrons. The fraction of sp³-hybridized carbons (Fsp3) is 0.200. The fourth-order valence-electron chi connectivity index (χ4n) is 3.18. The van der Waals surface area contributed by atoms with Crippen LogP contribution in [0.15, 0.2) is 60.2 Å². The quantitative estimate of drug-likeness (QED) is 0.662. The second-order valence-electron chi connectivity index (χ2n) is 6.12. The van der Waals surface area contributed by atoms with Gasteiger partial charge in [0.05, 0.1) is 12.6 Å². The van der Waals surface area contributed by atoms with Crippen molar-refractivity contribution in [3.63, 3.8) is 0 Å². The van der Waals surface area contributed by atoms with Gasteiger partial charge in [0.25, 0.3) is 0 Å². The summed E-state index contributed by atoms with van der Waals surface area (Å²) in [6.45, 7) is 1.09. The maximum Gasteiger partial charge on any atom is 0.249 e. The Morgan fingerprint density at radius 2 is 2.08 bits per heavy atom. The normalized spacial score (nSPS) is 17.5. The molecule has 4 rings (SSSR count). The van der Waals surface area contributed by atoms with Gasteiger partial charge < -0.3 is 9.64 Å². The second-order valence-corrected chi connectivity index (χ2v) is 7.50. The summed E-state index contributed by atoms with van der Waals surface area (Å²) in [6, 6.07) is 13.5. The number of benzene rings is 1. The predicted molar refractivity (Wildman–Crippen MR) is 103 cm³/mol. The molecule has 1 atom stereocenters. The minimum atomic E-state index is -0.169. The van der Waals surface area contributed by atoms with E-state index < -0.39 is 0 Å². The molecule has 6 heteroatoms. The van der Waals surface area contributed by atoms with Crippen LogP contribution < -0.4 is 0 Å². The number of hydrogen-bond donors (Lipinski definition) is 0. The van der Waals surface area contributed by atoms with Crippen LogP contribution in [0.4, 0.5) is 0 Å². The van der Waals surface area contributed by atoms with E-state index in [1.807, 2.05) is 52.9 Å². The summed E-state index contributed by atoms with van der Waals surface area (Å²) in [5.74, 6) is -0.0165. The van der Waals surface area contributed by atoms with Gasteiger partial charge in [-0.2, -0.15) is 0 Å². The van der Waals surface area contributed by atoms with Gasteiger partial charge in [-0.1, -0.05) is 29.8 Å². The van der Waals surface area contributed by atoms with E-state index in [0.29, 0.717) is 18.2 Å². The second kappa shape index (κ2) is 7.58. The van der Waals surface area contributed by atoms with Crippen LogP contribution in [-0.2, 0) is 16.1 Å². The number of thiophene rings is 1. The molecule has 0 bridgehead atoms. The lowest BCUT2D eigenvalue weighted by Crippen LogP contribution is -2.43. The maximum atomic E-state index is 12.6. The average Bonchev–Trinajstić information content (AvgIpc) is 3.20. The topological polar surface area (TPSA) is 42.4 Å². The molecule has 1 saturated heterocycles. The van der Waals surface area contributed by atoms with Crippen molar-refractivity contribution in [1.82, 2.24) is 9.88 Å². The molecule has 3 aromatic rings. The summed E-state index contributed by atoms with van der Waals surface area (Å²) >= 11 is 7.65. The molecule has 1 aliphatic rings. The first-order valence-electron chi connectivity index (χ1n) is 8.32. The van der Waals surface area contributed by atoms with Crippen molar-refractivity contribution < 1.29 is 9.53 Å². The Bertz CT molecular complexity index is 896. The molecular weight excluding hydrogens is 368 g/mol. The highest BCUT2D eigenvalue weighted by molar-refractivity contribution is 7.13. The number of amides is 1. The number of halogens is 1. The predicted octanol–water partition coefficient (Wildman–Crippen LogP) is 4.56. The molecular formula is C20H17ClN2O2S. The van der Waals surface area contributed by atoms with Crippen LogP contribution in [0.5, 0.6) is 0 Å². The van der Waals surface area contributed by atoms with Crippen LogP contribution in [0.1, 0.15) is 17.2 Å². The highest BCUT2D eigenvalue weighted by Gasteiger charge is 2.32. The minimum Gasteiger partial charge on any atom is -0.369 e. The van der Waals surface area contributed by atoms with E-state index in [1.54, 1.807) is 17.5 Å². The standard InChI is InChI=1S/C20H17ClN2O2S/c21-15-5-3-14(4-6-15)11-23-18(12-25-13-20(23)24)17-10-22-8-7-16(17)19-2-1-9-26-19/h1-10,18H,11-13H2. The number of morpholine rings is 1. The van der Waals surface area contributed by atoms with Crippen LogP contribution in [0, 0.1) is 0 Å². The van der Waals surface area contributed by atoms with Crippen LogP contribution in [0.25, 0.3) is 10.4 Å². The first-order chi connectivity index (χ1) is 12.7. The molecule has 0 saturated carbocycles. The van der Waals surface area contributed by atoms with Crippen LogP contribution in [-0.4, -0.2) is 29.0 Å². The van der Waals surface area contributed by atoms with Gasteiger partial charge in [-0.25, -0.2) is 0 Å². The van der Waals surface area contributed by atoms with Crippen molar-refractivity contribution in [2.24, 2.45) is 0 Å². The van der Waals surface area contributed by atoms with Crippen LogP contribution in [0.2, 0.25) is 5.02 Å². The van der Waals surface area contributed by atoms with Crippen molar-refractivity contribution in [2.45, 2.75) is 12.6 Å². The first-order valence-corrected chi connectivity index (χ1v) is 9.57. The molecule has 2 aromatic heterocycles. The highest BCUT2D eigenvalue weighted by atomic mass is 35.5. The maximum absolute atomic E-state index is 12.6. The Balaban J connectivity index is 1.70. The number of pyridine rings is 1. The summed E-state index contributed by atoms with van der Waals surface area (Å²) in [6.07, 6.45) is 3.63. The zero-order chi connectivity index (χ0) is 17.9. The van der Waals surface area contributed by atoms with E-state index in [0.717, 1.165) is 21.6 Å². The zero-order valence-corrected chi connectivity index (χ0v) is 15.5. The Morgan fingerprint density at radius 3 is 2.85 bits per heavy atom. The summed E-state index contributed by atoms with van der Waals surface area (Å²) in [4.78, 5) is 19.9. The van der Waals surface area contributed by atoms with Gasteiger partial charge in [0.15, 0.2) is 0 Å². The summed E-state index contributed by atoms with van der Waals surface area (Å²) < 4.78 is 5.57. The lowest BCUT2D eigenvalue weighted by atomic mass is 9.99. The van der Waals surface area contributed by atoms with E-state index in [2.05, 4.69) is 11.1 Å². The third-order valence-electron chi connectivity index (χ3n) is 4.46. The fourth-order valence-corrected chi connectivity index (χ4v) is 4.08. The van der Waals surface area contributed by atoms with E-state index in [-0.39, 0.29) is 18.6 Å². The molecule has 26 heavy (non-hydrogen) atoms. The molecule has 1 aliphatic heterocycles. The van der Waals surface area contributed by atoms with Crippen LogP contribution in [0.3, 0.4) is 0 Å². The molecule has 3 heterocycles. The molecule has 1 amide bonds. The minimum absolute atomic E-state index is 0.0165. The third-order valence-corrected chi connectivity index (χ3v) is 5.62. The van der Waals surface area contributed by atoms with E-state index in [1.165, 1.54) is 0 Å². The lowest BCUT2D eigenvalue weighted by molar-refractivity contribution is -0.149. The number of aromatic nitrogens is 1. The van der Waals surface area contributed by atoms with Crippen molar-refractivity contribution in [2.75, 3.05) is 13.2 Å². The molecule has 0 N–H and O–H groups in total. The zero-order valence-electron chi connectivity index (χ0n) is 14.0. The van der Waals surface area contributed by atoms with Gasteiger partial charge in [-0.3, -0.25) is 9.78 Å². The van der Waals surface area contributed by atoms with Gasteiger partial charge in [0, 0.05) is 40.0 Å². The number of nitrogens with zero attached hydrogens (tertiary/aromatic N) is 2. The SMILES string of the molecule is O=C1COCC(c2cnccc2-c2cccs2)N1Cc1ccc(Cl)cc1. The monoisotopic (exact) mass is 384 g/mol. The molecule has 0 aliphatic carbocycles. The lowest BCUT2D eigenvalue weighted by Gasteiger charge is -2.36. The van der Waals surface area contributed by atoms with E-state index >= 15 is 0 Å². The van der Waals surface area contributed by atoms with E-state index in [9.17, 15) is 4.79 Å². The first kappa shape index (κ1) is 17.2. The van der Waals surface area contributed by atoms with Gasteiger partial charge in [0.1, 0.15) is 6.61 Å². The van der Waals surface area contributed by atoms with Crippen molar-refractivity contribution in [3.05, 3.63) is 76.4 Å². The largest absolute Gasteiger partial charge is 0.369 e. The Morgan fingerprint density at radius 1 is 1.23 bits per heavy atom. The summed E-state index contributed by atoms with van der Waals surface area (Å²) in [5, 5.41) is 2.74. The smallest absolute Gasteiger partial charge is 0.249 e. The van der Waals surface area contributed by atoms with Gasteiger partial charge in [0.2, 0.25) is 5.91 Å². The van der Waals surface area contributed by atoms with Gasteiger partial charge in [-0.15, -0.1) is 11.3 Å². The molecule has 0 spiro atoms. The van der Waals surface area contributed by atoms with E-state index in [4.69, 9.17) is 16.3 Å².